The number of carbonyl (C=O) groups excluding carboxylic acids is 2. The number of Topliss-reactive ketones (excluding diaryl/α,β-unsaturated/α-hetero) is 1. The molecule has 0 atom stereocenters. The van der Waals surface area contributed by atoms with Gasteiger partial charge < -0.3 is 10.3 Å². The second-order valence-electron chi connectivity index (χ2n) is 9.02. The number of hydrogen-bond donors (Lipinski definition) is 2. The zero-order chi connectivity index (χ0) is 24.4. The average Bonchev–Trinajstić information content (AvgIpc) is 3.23. The number of ketones is 1. The highest BCUT2D eigenvalue weighted by Gasteiger charge is 2.18. The van der Waals surface area contributed by atoms with Crippen molar-refractivity contribution in [3.63, 3.8) is 0 Å². The topological polar surface area (TPSA) is 96.8 Å². The van der Waals surface area contributed by atoms with Crippen molar-refractivity contribution in [3.05, 3.63) is 70.1 Å². The van der Waals surface area contributed by atoms with E-state index >= 15 is 0 Å². The highest BCUT2D eigenvalue weighted by Crippen LogP contribution is 2.24. The monoisotopic (exact) mass is 476 g/mol. The number of aromatic nitrogens is 3. The van der Waals surface area contributed by atoms with Crippen LogP contribution in [0.4, 0.5) is 0 Å². The summed E-state index contributed by atoms with van der Waals surface area (Å²) in [6.45, 7) is 8.33. The molecule has 2 aromatic carbocycles. The predicted molar refractivity (Wildman–Crippen MR) is 137 cm³/mol. The van der Waals surface area contributed by atoms with Gasteiger partial charge >= 0.3 is 0 Å². The van der Waals surface area contributed by atoms with Crippen LogP contribution in [0.2, 0.25) is 0 Å². The lowest BCUT2D eigenvalue weighted by molar-refractivity contribution is 0.0942. The van der Waals surface area contributed by atoms with Crippen LogP contribution in [-0.2, 0) is 6.54 Å². The van der Waals surface area contributed by atoms with Gasteiger partial charge in [-0.2, -0.15) is 0 Å². The first-order valence-corrected chi connectivity index (χ1v) is 12.3. The first-order valence-electron chi connectivity index (χ1n) is 11.3. The zero-order valence-corrected chi connectivity index (χ0v) is 20.5. The Hall–Kier alpha value is -3.39. The number of hydrogen-bond acceptors (Lipinski definition) is 5. The molecule has 2 heterocycles. The lowest BCUT2D eigenvalue weighted by Crippen LogP contribution is -2.30. The summed E-state index contributed by atoms with van der Waals surface area (Å²) in [5.41, 5.74) is 2.25. The largest absolute Gasteiger partial charge is 0.360 e. The van der Waals surface area contributed by atoms with Crippen LogP contribution in [-0.4, -0.2) is 38.0 Å². The Balaban J connectivity index is 1.69. The molecule has 4 aromatic rings. The van der Waals surface area contributed by atoms with Gasteiger partial charge in [0.05, 0.1) is 16.7 Å². The summed E-state index contributed by atoms with van der Waals surface area (Å²) in [4.78, 5) is 46.6. The normalized spacial score (nSPS) is 11.6. The van der Waals surface area contributed by atoms with Gasteiger partial charge in [-0.1, -0.05) is 43.8 Å². The molecule has 2 N–H and O–H groups in total. The van der Waals surface area contributed by atoms with E-state index in [9.17, 15) is 14.4 Å². The van der Waals surface area contributed by atoms with E-state index in [0.717, 1.165) is 10.9 Å². The number of nitrogens with zero attached hydrogens (tertiary/aromatic N) is 2. The van der Waals surface area contributed by atoms with Crippen molar-refractivity contribution in [2.45, 2.75) is 45.4 Å². The highest BCUT2D eigenvalue weighted by molar-refractivity contribution is 7.99. The molecule has 0 radical (unpaired) electrons. The van der Waals surface area contributed by atoms with Crippen molar-refractivity contribution in [2.24, 2.45) is 5.92 Å². The number of para-hydroxylation sites is 1. The van der Waals surface area contributed by atoms with E-state index in [1.807, 2.05) is 52.0 Å². The maximum Gasteiger partial charge on any atom is 0.262 e. The minimum Gasteiger partial charge on any atom is -0.360 e. The summed E-state index contributed by atoms with van der Waals surface area (Å²) < 4.78 is 1.63. The number of carbonyl (C=O) groups is 2. The number of benzene rings is 2. The molecular formula is C26H28N4O3S. The molecule has 4 rings (SSSR count). The molecule has 0 saturated carbocycles. The Morgan fingerprint density at radius 2 is 1.85 bits per heavy atom. The van der Waals surface area contributed by atoms with Gasteiger partial charge in [-0.15, -0.1) is 0 Å². The minimum absolute atomic E-state index is 0.00293. The molecule has 0 aliphatic rings. The number of thioether (sulfide) groups is 1. The van der Waals surface area contributed by atoms with Crippen molar-refractivity contribution in [1.29, 1.82) is 0 Å². The summed E-state index contributed by atoms with van der Waals surface area (Å²) in [6.07, 6.45) is 1.72. The average molecular weight is 477 g/mol. The van der Waals surface area contributed by atoms with Gasteiger partial charge in [-0.3, -0.25) is 19.0 Å². The third-order valence-corrected chi connectivity index (χ3v) is 6.35. The van der Waals surface area contributed by atoms with Crippen molar-refractivity contribution in [2.75, 3.05) is 5.75 Å². The molecule has 0 bridgehead atoms. The second kappa shape index (κ2) is 9.85. The Morgan fingerprint density at radius 1 is 1.09 bits per heavy atom. The van der Waals surface area contributed by atoms with Crippen LogP contribution in [0.15, 0.2) is 58.6 Å². The van der Waals surface area contributed by atoms with E-state index in [2.05, 4.69) is 10.3 Å². The summed E-state index contributed by atoms with van der Waals surface area (Å²) in [5, 5.41) is 4.66. The summed E-state index contributed by atoms with van der Waals surface area (Å²) in [6, 6.07) is 12.6. The van der Waals surface area contributed by atoms with Crippen LogP contribution in [0.1, 0.15) is 48.4 Å². The molecule has 8 heteroatoms. The van der Waals surface area contributed by atoms with Gasteiger partial charge in [-0.05, 0) is 44.0 Å². The van der Waals surface area contributed by atoms with Gasteiger partial charge in [0.25, 0.3) is 11.5 Å². The molecule has 176 valence electrons. The maximum absolute atomic E-state index is 13.3. The van der Waals surface area contributed by atoms with Crippen LogP contribution in [0, 0.1) is 5.92 Å². The second-order valence-corrected chi connectivity index (χ2v) is 9.97. The standard InChI is InChI=1S/C26H28N4O3S/c1-15(2)13-30-25(33)19-10-9-17(24(32)28-16(3)4)11-22(19)29-26(30)34-14-23(31)20-12-27-21-8-6-5-7-18(20)21/h5-12,15-16,27H,13-14H2,1-4H3,(H,28,32). The third-order valence-electron chi connectivity index (χ3n) is 5.37. The number of fused-ring (bicyclic) bond motifs is 2. The number of amides is 1. The van der Waals surface area contributed by atoms with Crippen molar-refractivity contribution < 1.29 is 9.59 Å². The molecule has 0 aliphatic heterocycles. The van der Waals surface area contributed by atoms with Crippen LogP contribution in [0.5, 0.6) is 0 Å². The van der Waals surface area contributed by atoms with Crippen molar-refractivity contribution in [3.8, 4) is 0 Å². The fourth-order valence-corrected chi connectivity index (χ4v) is 4.73. The lowest BCUT2D eigenvalue weighted by atomic mass is 10.1. The molecular weight excluding hydrogens is 448 g/mol. The molecule has 0 spiro atoms. The van der Waals surface area contributed by atoms with Gasteiger partial charge in [0.2, 0.25) is 0 Å². The lowest BCUT2D eigenvalue weighted by Gasteiger charge is -2.15. The van der Waals surface area contributed by atoms with Gasteiger partial charge in [0.15, 0.2) is 10.9 Å². The fraction of sp³-hybridized carbons (Fsp3) is 0.308. The van der Waals surface area contributed by atoms with E-state index in [1.165, 1.54) is 11.8 Å². The van der Waals surface area contributed by atoms with E-state index in [1.54, 1.807) is 29.0 Å². The predicted octanol–water partition coefficient (Wildman–Crippen LogP) is 4.65. The third kappa shape index (κ3) is 4.92. The Kier molecular flexibility index (Phi) is 6.88. The molecule has 0 unspecified atom stereocenters. The van der Waals surface area contributed by atoms with Crippen LogP contribution < -0.4 is 10.9 Å². The van der Waals surface area contributed by atoms with Gasteiger partial charge in [0, 0.05) is 40.8 Å². The Labute approximate surface area is 202 Å². The maximum atomic E-state index is 13.3. The fourth-order valence-electron chi connectivity index (χ4n) is 3.83. The zero-order valence-electron chi connectivity index (χ0n) is 19.7. The smallest absolute Gasteiger partial charge is 0.262 e. The molecule has 7 nitrogen and oxygen atoms in total. The van der Waals surface area contributed by atoms with E-state index in [-0.39, 0.29) is 35.0 Å². The number of nitrogens with one attached hydrogen (secondary N) is 2. The molecule has 0 fully saturated rings. The first-order chi connectivity index (χ1) is 16.2. The van der Waals surface area contributed by atoms with Gasteiger partial charge in [-0.25, -0.2) is 4.98 Å². The number of rotatable bonds is 8. The quantitative estimate of drug-likeness (QED) is 0.219. The number of aromatic amines is 1. The number of H-pyrrole nitrogens is 1. The molecule has 0 saturated heterocycles. The van der Waals surface area contributed by atoms with Crippen LogP contribution >= 0.6 is 11.8 Å². The van der Waals surface area contributed by atoms with Crippen molar-refractivity contribution in [1.82, 2.24) is 19.9 Å². The molecule has 34 heavy (non-hydrogen) atoms. The van der Waals surface area contributed by atoms with E-state index < -0.39 is 0 Å². The van der Waals surface area contributed by atoms with E-state index in [0.29, 0.717) is 33.7 Å². The molecule has 2 aromatic heterocycles. The van der Waals surface area contributed by atoms with E-state index in [4.69, 9.17) is 4.98 Å². The summed E-state index contributed by atoms with van der Waals surface area (Å²) in [5.74, 6) is 0.106. The highest BCUT2D eigenvalue weighted by atomic mass is 32.2. The molecule has 0 aliphatic carbocycles. The van der Waals surface area contributed by atoms with Crippen LogP contribution in [0.3, 0.4) is 0 Å². The summed E-state index contributed by atoms with van der Waals surface area (Å²) in [7, 11) is 0. The minimum atomic E-state index is -0.214. The molecule has 1 amide bonds. The summed E-state index contributed by atoms with van der Waals surface area (Å²) >= 11 is 1.25. The Morgan fingerprint density at radius 3 is 2.59 bits per heavy atom. The Bertz CT molecular complexity index is 1440. The SMILES string of the molecule is CC(C)Cn1c(SCC(=O)c2c[nH]c3ccccc23)nc2cc(C(=O)NC(C)C)ccc2c1=O. The van der Waals surface area contributed by atoms with Crippen molar-refractivity contribution >= 4 is 45.3 Å². The first kappa shape index (κ1) is 23.8. The van der Waals surface area contributed by atoms with Crippen LogP contribution in [0.25, 0.3) is 21.8 Å². The van der Waals surface area contributed by atoms with Gasteiger partial charge in [0.1, 0.15) is 0 Å².